The number of allylic oxidation sites excluding steroid dienone is 2. The zero-order valence-electron chi connectivity index (χ0n) is 39.8. The normalized spacial score (nSPS) is 16.9. The molecule has 4 aromatic carbocycles. The first kappa shape index (κ1) is 49.5. The number of carbonyl (C=O) groups is 6. The van der Waals surface area contributed by atoms with Gasteiger partial charge in [-0.05, 0) is 86.7 Å². The number of ether oxygens (including phenoxy) is 1. The van der Waals surface area contributed by atoms with Gasteiger partial charge >= 0.3 is 6.97 Å². The van der Waals surface area contributed by atoms with E-state index in [0.717, 1.165) is 14.5 Å². The van der Waals surface area contributed by atoms with Crippen molar-refractivity contribution in [2.45, 2.75) is 77.5 Å². The van der Waals surface area contributed by atoms with E-state index in [9.17, 15) is 28.8 Å². The number of hydrogen-bond donors (Lipinski definition) is 4. The molecule has 4 N–H and O–H groups in total. The number of nitrogens with zero attached hydrogens (tertiary/aromatic N) is 3. The first-order valence-corrected chi connectivity index (χ1v) is 23.9. The number of anilines is 1. The second-order valence-electron chi connectivity index (χ2n) is 18.0. The van der Waals surface area contributed by atoms with Gasteiger partial charge in [-0.3, -0.25) is 33.7 Å². The third kappa shape index (κ3) is 11.2. The molecule has 0 saturated heterocycles. The van der Waals surface area contributed by atoms with E-state index in [1.165, 1.54) is 11.8 Å². The van der Waals surface area contributed by atoms with E-state index in [4.69, 9.17) is 4.74 Å². The molecule has 8 rings (SSSR count). The summed E-state index contributed by atoms with van der Waals surface area (Å²) in [6.45, 7) is 1.16. The fourth-order valence-corrected chi connectivity index (χ4v) is 9.31. The van der Waals surface area contributed by atoms with Crippen molar-refractivity contribution in [3.8, 4) is 5.75 Å². The van der Waals surface area contributed by atoms with Crippen molar-refractivity contribution in [3.05, 3.63) is 172 Å². The highest BCUT2D eigenvalue weighted by Crippen LogP contribution is 2.38. The molecule has 3 aliphatic rings. The molecule has 0 unspecified atom stereocenters. The largest absolute Gasteiger partial charge is 0.737 e. The maximum absolute atomic E-state index is 15.8. The molecular formula is C54H56BF2N7O7. The highest BCUT2D eigenvalue weighted by Gasteiger charge is 2.52. The molecule has 5 aromatic rings. The fourth-order valence-electron chi connectivity index (χ4n) is 9.31. The summed E-state index contributed by atoms with van der Waals surface area (Å²) < 4.78 is 40.2. The summed E-state index contributed by atoms with van der Waals surface area (Å²) in [4.78, 5) is 82.4. The van der Waals surface area contributed by atoms with Crippen LogP contribution in [0.3, 0.4) is 0 Å². The average Bonchev–Trinajstić information content (AvgIpc) is 3.89. The topological polar surface area (TPSA) is 171 Å². The zero-order valence-corrected chi connectivity index (χ0v) is 39.8. The van der Waals surface area contributed by atoms with Crippen molar-refractivity contribution in [2.24, 2.45) is 0 Å². The first-order valence-electron chi connectivity index (χ1n) is 23.9. The van der Waals surface area contributed by atoms with Crippen molar-refractivity contribution in [1.29, 1.82) is 0 Å². The molecular weight excluding hydrogens is 907 g/mol. The van der Waals surface area contributed by atoms with Gasteiger partial charge in [-0.15, -0.1) is 0 Å². The maximum atomic E-state index is 15.8. The lowest BCUT2D eigenvalue weighted by atomic mass is 9.90. The van der Waals surface area contributed by atoms with E-state index in [1.54, 1.807) is 128 Å². The number of ketones is 1. The van der Waals surface area contributed by atoms with Gasteiger partial charge in [0.25, 0.3) is 5.91 Å². The Morgan fingerprint density at radius 2 is 1.45 bits per heavy atom. The van der Waals surface area contributed by atoms with Crippen molar-refractivity contribution in [2.75, 3.05) is 24.5 Å². The van der Waals surface area contributed by atoms with Gasteiger partial charge in [0.1, 0.15) is 30.1 Å². The Bertz CT molecular complexity index is 2960. The monoisotopic (exact) mass is 963 g/mol. The van der Waals surface area contributed by atoms with Gasteiger partial charge in [-0.1, -0.05) is 91.0 Å². The molecule has 3 atom stereocenters. The number of rotatable bonds is 19. The van der Waals surface area contributed by atoms with E-state index in [-0.39, 0.29) is 37.5 Å². The van der Waals surface area contributed by atoms with Gasteiger partial charge < -0.3 is 43.6 Å². The van der Waals surface area contributed by atoms with Crippen molar-refractivity contribution < 1.29 is 46.6 Å². The lowest BCUT2D eigenvalue weighted by Crippen LogP contribution is -2.56. The second kappa shape index (κ2) is 21.8. The highest BCUT2D eigenvalue weighted by atomic mass is 19.2. The summed E-state index contributed by atoms with van der Waals surface area (Å²) in [6, 6.07) is 30.6. The van der Waals surface area contributed by atoms with Crippen LogP contribution in [0.5, 0.6) is 5.75 Å². The highest BCUT2D eigenvalue weighted by molar-refractivity contribution is 6.58. The number of amides is 5. The van der Waals surface area contributed by atoms with Crippen LogP contribution < -0.4 is 30.9 Å². The fraction of sp³-hybridized carbons (Fsp3) is 0.278. The Balaban J connectivity index is 0.831. The molecule has 0 radical (unpaired) electrons. The lowest BCUT2D eigenvalue weighted by Gasteiger charge is -2.30. The van der Waals surface area contributed by atoms with Gasteiger partial charge in [0.2, 0.25) is 23.6 Å². The standard InChI is InChI=1S/C54H56BF2N7O7/c1-35-30-36(2)63-45(35)33-43-25-24-42(64(43)55(63,56)57)26-27-47(65)58-28-13-6-14-29-59-49(67)34-62-44-22-11-12-23-46(44)71-52(40-19-9-5-10-20-40)50(54(62)70)61-53(69)37(3)60-48(66)32-38-16-15-21-41(31-38)51(68)39-17-7-4-8-18-39/h4-5,7-12,15-25,30-31,33,37,50,52H,6,13-14,26-29,32,34H2,1-3H3,(H,58,65)(H,59,67)(H,60,66)(H,61,69)/t37-,50+,52-/m1/s1. The van der Waals surface area contributed by atoms with Crippen LogP contribution in [0.15, 0.2) is 133 Å². The Hall–Kier alpha value is -7.95. The number of fused-ring (bicyclic) bond motifs is 3. The van der Waals surface area contributed by atoms with E-state index < -0.39 is 48.8 Å². The predicted molar refractivity (Wildman–Crippen MR) is 267 cm³/mol. The number of nitrogens with one attached hydrogen (secondary N) is 4. The van der Waals surface area contributed by atoms with E-state index in [0.29, 0.717) is 88.8 Å². The number of benzene rings is 4. The molecule has 0 saturated carbocycles. The number of aryl methyl sites for hydroxylation is 2. The lowest BCUT2D eigenvalue weighted by molar-refractivity contribution is -0.362. The number of carbonyl (C=O) groups excluding carboxylic acids is 6. The molecule has 14 nitrogen and oxygen atoms in total. The van der Waals surface area contributed by atoms with Crippen LogP contribution in [0.1, 0.15) is 89.1 Å². The van der Waals surface area contributed by atoms with E-state index in [1.807, 2.05) is 19.1 Å². The van der Waals surface area contributed by atoms with Crippen LogP contribution in [-0.4, -0.2) is 88.7 Å². The van der Waals surface area contributed by atoms with Gasteiger partial charge in [0.15, 0.2) is 17.6 Å². The summed E-state index contributed by atoms with van der Waals surface area (Å²) in [5, 5.41) is 11.3. The van der Waals surface area contributed by atoms with Crippen LogP contribution in [0.4, 0.5) is 14.3 Å². The molecule has 0 bridgehead atoms. The third-order valence-electron chi connectivity index (χ3n) is 12.8. The Labute approximate surface area is 410 Å². The van der Waals surface area contributed by atoms with E-state index in [2.05, 4.69) is 21.3 Å². The Kier molecular flexibility index (Phi) is 15.2. The summed E-state index contributed by atoms with van der Waals surface area (Å²) in [7, 11) is 0. The number of para-hydroxylation sites is 2. The van der Waals surface area contributed by atoms with Crippen molar-refractivity contribution >= 4 is 59.8 Å². The van der Waals surface area contributed by atoms with Crippen LogP contribution in [0, 0.1) is 13.8 Å². The number of aromatic nitrogens is 1. The smallest absolute Gasteiger partial charge is 0.481 e. The van der Waals surface area contributed by atoms with E-state index >= 15 is 8.63 Å². The summed E-state index contributed by atoms with van der Waals surface area (Å²) in [6.07, 6.45) is 6.01. The molecule has 1 aromatic heterocycles. The molecule has 4 heterocycles. The van der Waals surface area contributed by atoms with Crippen molar-refractivity contribution in [3.63, 3.8) is 0 Å². The first-order chi connectivity index (χ1) is 34.2. The predicted octanol–water partition coefficient (Wildman–Crippen LogP) is 6.52. The Morgan fingerprint density at radius 1 is 0.775 bits per heavy atom. The quantitative estimate of drug-likeness (QED) is 0.0415. The van der Waals surface area contributed by atoms with Crippen LogP contribution >= 0.6 is 0 Å². The van der Waals surface area contributed by atoms with Gasteiger partial charge in [-0.25, -0.2) is 0 Å². The minimum absolute atomic E-state index is 0.0499. The minimum Gasteiger partial charge on any atom is -0.481 e. The molecule has 17 heteroatoms. The number of hydrogen-bond acceptors (Lipinski definition) is 7. The summed E-state index contributed by atoms with van der Waals surface area (Å²) in [5.41, 5.74) is 5.01. The molecule has 0 spiro atoms. The molecule has 71 heavy (non-hydrogen) atoms. The van der Waals surface area contributed by atoms with Gasteiger partial charge in [0, 0.05) is 61.0 Å². The summed E-state index contributed by atoms with van der Waals surface area (Å²) >= 11 is 0. The maximum Gasteiger partial charge on any atom is 0.737 e. The average molecular weight is 964 g/mol. The Morgan fingerprint density at radius 3 is 2.20 bits per heavy atom. The molecule has 0 aliphatic carbocycles. The minimum atomic E-state index is -4.10. The van der Waals surface area contributed by atoms with Crippen LogP contribution in [-0.2, 0) is 30.4 Å². The number of halogens is 2. The van der Waals surface area contributed by atoms with Crippen LogP contribution in [0.2, 0.25) is 0 Å². The molecule has 3 aliphatic heterocycles. The van der Waals surface area contributed by atoms with Crippen LogP contribution in [0.25, 0.3) is 6.08 Å². The SMILES string of the molecule is Cc1cc(C)n2c1C=C1C=CC(CCC(=O)NCCCCCNC(=O)CN3C(=O)[C@@H](NC(=O)[C@@H](C)NC(=O)Cc4cccc(C(=O)c5ccccc5)c4)[C@@H](c4ccccc4)Oc4ccccc43)=[N+]1[B-]2(F)F. The molecule has 0 fully saturated rings. The zero-order chi connectivity index (χ0) is 50.2. The molecule has 5 amide bonds. The second-order valence-corrected chi connectivity index (χ2v) is 18.0. The third-order valence-corrected chi connectivity index (χ3v) is 12.8. The van der Waals surface area contributed by atoms with Crippen molar-refractivity contribution in [1.82, 2.24) is 25.7 Å². The summed E-state index contributed by atoms with van der Waals surface area (Å²) in [5.74, 6) is -2.30. The van der Waals surface area contributed by atoms with Gasteiger partial charge in [-0.2, -0.15) is 0 Å². The van der Waals surface area contributed by atoms with Gasteiger partial charge in [0.05, 0.1) is 12.1 Å². The number of unbranched alkanes of at least 4 members (excludes halogenated alkanes) is 2. The molecule has 366 valence electrons.